The maximum Gasteiger partial charge on any atom is 0.255 e. The van der Waals surface area contributed by atoms with Gasteiger partial charge in [0.25, 0.3) is 5.91 Å². The van der Waals surface area contributed by atoms with Gasteiger partial charge in [-0.2, -0.15) is 5.10 Å². The van der Waals surface area contributed by atoms with Crippen molar-refractivity contribution >= 4 is 11.4 Å². The van der Waals surface area contributed by atoms with Gasteiger partial charge in [-0.15, -0.1) is 0 Å². The molecule has 0 saturated carbocycles. The first-order chi connectivity index (χ1) is 7.83. The van der Waals surface area contributed by atoms with Crippen molar-refractivity contribution < 1.29 is 9.90 Å². The van der Waals surface area contributed by atoms with Gasteiger partial charge >= 0.3 is 0 Å². The van der Waals surface area contributed by atoms with E-state index in [1.54, 1.807) is 16.9 Å². The van der Waals surface area contributed by atoms with Crippen molar-refractivity contribution in [3.05, 3.63) is 36.2 Å². The number of hydrogen-bond donors (Lipinski definition) is 2. The SMILES string of the molecule is O=C(NCCCO)c1cnn2ccccc12. The smallest absolute Gasteiger partial charge is 0.255 e. The third kappa shape index (κ3) is 2.04. The van der Waals surface area contributed by atoms with Crippen molar-refractivity contribution in [1.82, 2.24) is 14.9 Å². The van der Waals surface area contributed by atoms with E-state index in [-0.39, 0.29) is 12.5 Å². The van der Waals surface area contributed by atoms with Crippen LogP contribution in [0.15, 0.2) is 30.6 Å². The molecule has 2 rings (SSSR count). The molecule has 16 heavy (non-hydrogen) atoms. The molecule has 2 aromatic rings. The zero-order valence-corrected chi connectivity index (χ0v) is 8.76. The first-order valence-electron chi connectivity index (χ1n) is 5.14. The highest BCUT2D eigenvalue weighted by Gasteiger charge is 2.10. The first kappa shape index (κ1) is 10.6. The number of carbonyl (C=O) groups excluding carboxylic acids is 1. The Balaban J connectivity index is 2.17. The Morgan fingerprint density at radius 1 is 1.50 bits per heavy atom. The molecule has 0 spiro atoms. The van der Waals surface area contributed by atoms with Crippen molar-refractivity contribution in [2.75, 3.05) is 13.2 Å². The molecule has 2 N–H and O–H groups in total. The second-order valence-electron chi connectivity index (χ2n) is 3.42. The minimum absolute atomic E-state index is 0.0784. The van der Waals surface area contributed by atoms with Crippen LogP contribution in [0.4, 0.5) is 0 Å². The number of nitrogens with zero attached hydrogens (tertiary/aromatic N) is 2. The number of aliphatic hydroxyl groups is 1. The van der Waals surface area contributed by atoms with E-state index in [9.17, 15) is 4.79 Å². The Hall–Kier alpha value is -1.88. The number of carbonyl (C=O) groups is 1. The molecule has 0 saturated heterocycles. The van der Waals surface area contributed by atoms with Crippen LogP contribution in [0.2, 0.25) is 0 Å². The molecule has 0 aliphatic carbocycles. The molecule has 1 amide bonds. The van der Waals surface area contributed by atoms with Gasteiger partial charge in [0.15, 0.2) is 0 Å². The Bertz CT molecular complexity index is 493. The molecule has 0 aliphatic rings. The molecule has 0 radical (unpaired) electrons. The van der Waals surface area contributed by atoms with Gasteiger partial charge in [0.05, 0.1) is 17.3 Å². The molecule has 84 valence electrons. The number of amides is 1. The second-order valence-corrected chi connectivity index (χ2v) is 3.42. The van der Waals surface area contributed by atoms with Gasteiger partial charge < -0.3 is 10.4 Å². The lowest BCUT2D eigenvalue weighted by Crippen LogP contribution is -2.24. The fourth-order valence-corrected chi connectivity index (χ4v) is 1.49. The molecule has 0 fully saturated rings. The van der Waals surface area contributed by atoms with Crippen molar-refractivity contribution in [3.63, 3.8) is 0 Å². The fraction of sp³-hybridized carbons (Fsp3) is 0.273. The summed E-state index contributed by atoms with van der Waals surface area (Å²) in [6.45, 7) is 0.550. The summed E-state index contributed by atoms with van der Waals surface area (Å²) in [5, 5.41) is 15.4. The van der Waals surface area contributed by atoms with Gasteiger partial charge in [-0.3, -0.25) is 4.79 Å². The van der Waals surface area contributed by atoms with E-state index in [4.69, 9.17) is 5.11 Å². The second kappa shape index (κ2) is 4.76. The molecule has 5 nitrogen and oxygen atoms in total. The van der Waals surface area contributed by atoms with Crippen molar-refractivity contribution in [2.45, 2.75) is 6.42 Å². The zero-order valence-electron chi connectivity index (χ0n) is 8.76. The van der Waals surface area contributed by atoms with Gasteiger partial charge in [-0.25, -0.2) is 4.52 Å². The monoisotopic (exact) mass is 219 g/mol. The van der Waals surface area contributed by atoms with Gasteiger partial charge in [0.2, 0.25) is 0 Å². The van der Waals surface area contributed by atoms with Crippen LogP contribution >= 0.6 is 0 Å². The van der Waals surface area contributed by atoms with Crippen LogP contribution in [0, 0.1) is 0 Å². The van der Waals surface area contributed by atoms with Crippen LogP contribution in [0.1, 0.15) is 16.8 Å². The normalized spacial score (nSPS) is 10.6. The summed E-state index contributed by atoms with van der Waals surface area (Å²) in [6.07, 6.45) is 3.90. The average molecular weight is 219 g/mol. The standard InChI is InChI=1S/C11H13N3O2/c15-7-3-5-12-11(16)9-8-13-14-6-2-1-4-10(9)14/h1-2,4,6,8,15H,3,5,7H2,(H,12,16). The predicted molar refractivity (Wildman–Crippen MR) is 59.2 cm³/mol. The minimum Gasteiger partial charge on any atom is -0.396 e. The summed E-state index contributed by atoms with van der Waals surface area (Å²) >= 11 is 0. The molecular weight excluding hydrogens is 206 g/mol. The Kier molecular flexibility index (Phi) is 3.16. The van der Waals surface area contributed by atoms with E-state index >= 15 is 0 Å². The molecule has 5 heteroatoms. The van der Waals surface area contributed by atoms with E-state index in [2.05, 4.69) is 10.4 Å². The average Bonchev–Trinajstić information content (AvgIpc) is 2.73. The Morgan fingerprint density at radius 3 is 3.19 bits per heavy atom. The van der Waals surface area contributed by atoms with Gasteiger partial charge in [-0.05, 0) is 18.6 Å². The number of pyridine rings is 1. The fourth-order valence-electron chi connectivity index (χ4n) is 1.49. The lowest BCUT2D eigenvalue weighted by Gasteiger charge is -2.01. The molecule has 2 aromatic heterocycles. The molecule has 0 aromatic carbocycles. The van der Waals surface area contributed by atoms with Gasteiger partial charge in [0.1, 0.15) is 0 Å². The first-order valence-corrected chi connectivity index (χ1v) is 5.14. The highest BCUT2D eigenvalue weighted by molar-refractivity contribution is 6.00. The summed E-state index contributed by atoms with van der Waals surface area (Å²) in [4.78, 5) is 11.7. The van der Waals surface area contributed by atoms with Crippen LogP contribution in [0.5, 0.6) is 0 Å². The predicted octanol–water partition coefficient (Wildman–Crippen LogP) is 0.446. The number of aliphatic hydroxyl groups excluding tert-OH is 1. The molecule has 2 heterocycles. The maximum absolute atomic E-state index is 11.7. The maximum atomic E-state index is 11.7. The van der Waals surface area contributed by atoms with Crippen molar-refractivity contribution in [1.29, 1.82) is 0 Å². The van der Waals surface area contributed by atoms with Crippen molar-refractivity contribution in [3.8, 4) is 0 Å². The minimum atomic E-state index is -0.158. The third-order valence-corrected chi connectivity index (χ3v) is 2.29. The zero-order chi connectivity index (χ0) is 11.4. The van der Waals surface area contributed by atoms with E-state index in [0.717, 1.165) is 5.52 Å². The molecule has 0 bridgehead atoms. The summed E-state index contributed by atoms with van der Waals surface area (Å²) in [5.74, 6) is -0.158. The number of fused-ring (bicyclic) bond motifs is 1. The van der Waals surface area contributed by atoms with Crippen LogP contribution < -0.4 is 5.32 Å². The lowest BCUT2D eigenvalue weighted by molar-refractivity contribution is 0.0953. The van der Waals surface area contributed by atoms with Gasteiger partial charge in [0, 0.05) is 19.3 Å². The molecule has 0 aliphatic heterocycles. The van der Waals surface area contributed by atoms with E-state index in [1.807, 2.05) is 18.2 Å². The van der Waals surface area contributed by atoms with Crippen LogP contribution in [0.25, 0.3) is 5.52 Å². The van der Waals surface area contributed by atoms with E-state index in [1.165, 1.54) is 0 Å². The highest BCUT2D eigenvalue weighted by Crippen LogP contribution is 2.09. The molecule has 0 atom stereocenters. The number of hydrogen-bond acceptors (Lipinski definition) is 3. The quantitative estimate of drug-likeness (QED) is 0.733. The third-order valence-electron chi connectivity index (χ3n) is 2.29. The van der Waals surface area contributed by atoms with E-state index in [0.29, 0.717) is 18.5 Å². The Morgan fingerprint density at radius 2 is 2.38 bits per heavy atom. The summed E-state index contributed by atoms with van der Waals surface area (Å²) < 4.78 is 1.65. The topological polar surface area (TPSA) is 66.6 Å². The molecular formula is C11H13N3O2. The Labute approximate surface area is 92.7 Å². The van der Waals surface area contributed by atoms with Gasteiger partial charge in [-0.1, -0.05) is 6.07 Å². The van der Waals surface area contributed by atoms with Crippen molar-refractivity contribution in [2.24, 2.45) is 0 Å². The number of aromatic nitrogens is 2. The molecule has 0 unspecified atom stereocenters. The largest absolute Gasteiger partial charge is 0.396 e. The van der Waals surface area contributed by atoms with E-state index < -0.39 is 0 Å². The highest BCUT2D eigenvalue weighted by atomic mass is 16.3. The number of nitrogens with one attached hydrogen (secondary N) is 1. The van der Waals surface area contributed by atoms with Crippen LogP contribution in [-0.4, -0.2) is 33.8 Å². The summed E-state index contributed by atoms with van der Waals surface area (Å²) in [7, 11) is 0. The van der Waals surface area contributed by atoms with Crippen LogP contribution in [-0.2, 0) is 0 Å². The number of rotatable bonds is 4. The summed E-state index contributed by atoms with van der Waals surface area (Å²) in [6, 6.07) is 5.56. The lowest BCUT2D eigenvalue weighted by atomic mass is 10.2. The van der Waals surface area contributed by atoms with Crippen LogP contribution in [0.3, 0.4) is 0 Å². The summed E-state index contributed by atoms with van der Waals surface area (Å²) in [5.41, 5.74) is 1.34.